The molecule has 1 amide bonds. The fraction of sp³-hybridized carbons (Fsp3) is 0.545. The van der Waals surface area contributed by atoms with Crippen LogP contribution in [0.25, 0.3) is 0 Å². The number of nitrogens with zero attached hydrogens (tertiary/aromatic N) is 1. The van der Waals surface area contributed by atoms with Crippen LogP contribution in [0.3, 0.4) is 0 Å². The monoisotopic (exact) mass is 193 g/mol. The third-order valence-electron chi connectivity index (χ3n) is 3.06. The summed E-state index contributed by atoms with van der Waals surface area (Å²) in [6.07, 6.45) is 2.56. The summed E-state index contributed by atoms with van der Waals surface area (Å²) in [4.78, 5) is 13.4. The van der Waals surface area contributed by atoms with Gasteiger partial charge in [-0.2, -0.15) is 0 Å². The summed E-state index contributed by atoms with van der Waals surface area (Å²) in [5.41, 5.74) is -0.0646. The maximum Gasteiger partial charge on any atom is 0.226 e. The van der Waals surface area contributed by atoms with Gasteiger partial charge in [-0.05, 0) is 18.6 Å². The van der Waals surface area contributed by atoms with Crippen LogP contribution in [0.1, 0.15) is 19.1 Å². The minimum atomic E-state index is -0.0646. The van der Waals surface area contributed by atoms with E-state index in [9.17, 15) is 4.79 Å². The lowest BCUT2D eigenvalue weighted by molar-refractivity contribution is -0.130. The molecule has 1 aliphatic rings. The summed E-state index contributed by atoms with van der Waals surface area (Å²) in [7, 11) is 3.59. The van der Waals surface area contributed by atoms with E-state index in [1.807, 2.05) is 12.1 Å². The van der Waals surface area contributed by atoms with E-state index in [2.05, 4.69) is 6.92 Å². The van der Waals surface area contributed by atoms with Crippen LogP contribution in [0.15, 0.2) is 22.8 Å². The molecule has 0 N–H and O–H groups in total. The van der Waals surface area contributed by atoms with Crippen molar-refractivity contribution in [1.82, 2.24) is 4.90 Å². The van der Waals surface area contributed by atoms with Gasteiger partial charge in [-0.3, -0.25) is 4.79 Å². The fourth-order valence-corrected chi connectivity index (χ4v) is 1.91. The zero-order valence-electron chi connectivity index (χ0n) is 8.78. The first kappa shape index (κ1) is 9.31. The first-order valence-electron chi connectivity index (χ1n) is 4.81. The third-order valence-corrected chi connectivity index (χ3v) is 3.06. The van der Waals surface area contributed by atoms with Crippen LogP contribution in [0.4, 0.5) is 0 Å². The maximum absolute atomic E-state index is 11.7. The van der Waals surface area contributed by atoms with E-state index in [0.29, 0.717) is 0 Å². The molecule has 1 saturated carbocycles. The molecule has 1 aromatic heterocycles. The number of amides is 1. The van der Waals surface area contributed by atoms with Gasteiger partial charge in [-0.1, -0.05) is 6.92 Å². The molecule has 2 atom stereocenters. The van der Waals surface area contributed by atoms with Gasteiger partial charge < -0.3 is 9.32 Å². The Balaban J connectivity index is 2.14. The highest BCUT2D eigenvalue weighted by Gasteiger charge is 2.57. The Hall–Kier alpha value is -1.25. The Morgan fingerprint density at radius 2 is 2.36 bits per heavy atom. The summed E-state index contributed by atoms with van der Waals surface area (Å²) in [6, 6.07) is 3.82. The molecule has 0 saturated heterocycles. The molecule has 2 rings (SSSR count). The molecule has 1 fully saturated rings. The second-order valence-electron chi connectivity index (χ2n) is 4.38. The van der Waals surface area contributed by atoms with Crippen LogP contribution >= 0.6 is 0 Å². The highest BCUT2D eigenvalue weighted by atomic mass is 16.3. The highest BCUT2D eigenvalue weighted by molar-refractivity contribution is 5.83. The zero-order valence-corrected chi connectivity index (χ0v) is 8.78. The minimum absolute atomic E-state index is 0.0646. The van der Waals surface area contributed by atoms with Crippen molar-refractivity contribution < 1.29 is 9.21 Å². The molecule has 1 aromatic rings. The van der Waals surface area contributed by atoms with Crippen molar-refractivity contribution in [2.75, 3.05) is 14.1 Å². The van der Waals surface area contributed by atoms with Gasteiger partial charge in [0, 0.05) is 19.5 Å². The lowest BCUT2D eigenvalue weighted by Gasteiger charge is -2.12. The largest absolute Gasteiger partial charge is 0.469 e. The Labute approximate surface area is 83.7 Å². The Morgan fingerprint density at radius 1 is 1.64 bits per heavy atom. The van der Waals surface area contributed by atoms with E-state index in [0.717, 1.165) is 12.2 Å². The zero-order chi connectivity index (χ0) is 10.3. The summed E-state index contributed by atoms with van der Waals surface area (Å²) >= 11 is 0. The predicted octanol–water partition coefficient (Wildman–Crippen LogP) is 1.65. The van der Waals surface area contributed by atoms with Gasteiger partial charge in [0.1, 0.15) is 5.76 Å². The second kappa shape index (κ2) is 2.87. The van der Waals surface area contributed by atoms with Crippen LogP contribution in [0.2, 0.25) is 0 Å². The van der Waals surface area contributed by atoms with Crippen LogP contribution in [0.5, 0.6) is 0 Å². The lowest BCUT2D eigenvalue weighted by atomic mass is 10.0. The van der Waals surface area contributed by atoms with Crippen molar-refractivity contribution >= 4 is 5.91 Å². The molecular formula is C11H15NO2. The average Bonchev–Trinajstić information content (AvgIpc) is 2.65. The number of carbonyl (C=O) groups excluding carboxylic acids is 1. The van der Waals surface area contributed by atoms with Crippen molar-refractivity contribution in [2.45, 2.75) is 18.8 Å². The van der Waals surface area contributed by atoms with Crippen molar-refractivity contribution in [1.29, 1.82) is 0 Å². The second-order valence-corrected chi connectivity index (χ2v) is 4.38. The summed E-state index contributed by atoms with van der Waals surface area (Å²) in [5.74, 6) is 1.23. The van der Waals surface area contributed by atoms with Gasteiger partial charge in [-0.15, -0.1) is 0 Å². The van der Waals surface area contributed by atoms with Crippen molar-refractivity contribution in [3.05, 3.63) is 24.2 Å². The Bertz CT molecular complexity index is 342. The molecule has 0 spiro atoms. The number of hydrogen-bond acceptors (Lipinski definition) is 2. The van der Waals surface area contributed by atoms with Gasteiger partial charge in [0.2, 0.25) is 5.91 Å². The van der Waals surface area contributed by atoms with E-state index in [4.69, 9.17) is 4.42 Å². The molecule has 1 heterocycles. The van der Waals surface area contributed by atoms with E-state index in [-0.39, 0.29) is 17.2 Å². The van der Waals surface area contributed by atoms with E-state index in [1.165, 1.54) is 0 Å². The van der Waals surface area contributed by atoms with Crippen molar-refractivity contribution in [3.63, 3.8) is 0 Å². The maximum atomic E-state index is 11.7. The van der Waals surface area contributed by atoms with E-state index < -0.39 is 0 Å². The summed E-state index contributed by atoms with van der Waals surface area (Å²) in [5, 5.41) is 0. The Kier molecular flexibility index (Phi) is 1.91. The summed E-state index contributed by atoms with van der Waals surface area (Å²) < 4.78 is 5.35. The molecule has 0 aliphatic heterocycles. The molecular weight excluding hydrogens is 178 g/mol. The molecule has 0 radical (unpaired) electrons. The molecule has 76 valence electrons. The number of carbonyl (C=O) groups is 1. The smallest absolute Gasteiger partial charge is 0.226 e. The fourth-order valence-electron chi connectivity index (χ4n) is 1.91. The molecule has 0 unspecified atom stereocenters. The SMILES string of the molecule is CN(C)C(=O)[C@@H]1C[C@@]1(C)c1ccco1. The van der Waals surface area contributed by atoms with Crippen molar-refractivity contribution in [3.8, 4) is 0 Å². The Morgan fingerprint density at radius 3 is 2.86 bits per heavy atom. The number of furan rings is 1. The molecule has 3 nitrogen and oxygen atoms in total. The van der Waals surface area contributed by atoms with Gasteiger partial charge >= 0.3 is 0 Å². The third kappa shape index (κ3) is 1.24. The number of rotatable bonds is 2. The molecule has 3 heteroatoms. The van der Waals surface area contributed by atoms with Gasteiger partial charge in [0.15, 0.2) is 0 Å². The first-order chi connectivity index (χ1) is 6.55. The van der Waals surface area contributed by atoms with Gasteiger partial charge in [0.05, 0.1) is 12.2 Å². The van der Waals surface area contributed by atoms with E-state index in [1.54, 1.807) is 25.3 Å². The minimum Gasteiger partial charge on any atom is -0.469 e. The predicted molar refractivity (Wildman–Crippen MR) is 52.9 cm³/mol. The first-order valence-corrected chi connectivity index (χ1v) is 4.81. The highest BCUT2D eigenvalue weighted by Crippen LogP contribution is 2.54. The van der Waals surface area contributed by atoms with Crippen molar-refractivity contribution in [2.24, 2.45) is 5.92 Å². The molecule has 14 heavy (non-hydrogen) atoms. The van der Waals surface area contributed by atoms with Gasteiger partial charge in [0.25, 0.3) is 0 Å². The van der Waals surface area contributed by atoms with Crippen LogP contribution in [-0.2, 0) is 10.2 Å². The van der Waals surface area contributed by atoms with Crippen LogP contribution in [0, 0.1) is 5.92 Å². The quantitative estimate of drug-likeness (QED) is 0.715. The lowest BCUT2D eigenvalue weighted by Crippen LogP contribution is -2.26. The van der Waals surface area contributed by atoms with Gasteiger partial charge in [-0.25, -0.2) is 0 Å². The number of hydrogen-bond donors (Lipinski definition) is 0. The average molecular weight is 193 g/mol. The van der Waals surface area contributed by atoms with Crippen LogP contribution in [-0.4, -0.2) is 24.9 Å². The topological polar surface area (TPSA) is 33.5 Å². The standard InChI is InChI=1S/C11H15NO2/c1-11(9-5-4-6-14-9)7-8(11)10(13)12(2)3/h4-6,8H,7H2,1-3H3/t8-,11+/m0/s1. The molecule has 1 aliphatic carbocycles. The molecule has 0 aromatic carbocycles. The van der Waals surface area contributed by atoms with Crippen LogP contribution < -0.4 is 0 Å². The summed E-state index contributed by atoms with van der Waals surface area (Å²) in [6.45, 7) is 2.08. The van der Waals surface area contributed by atoms with E-state index >= 15 is 0 Å². The molecule has 0 bridgehead atoms. The normalized spacial score (nSPS) is 30.1.